The van der Waals surface area contributed by atoms with Crippen LogP contribution in [0.4, 0.5) is 0 Å². The zero-order valence-corrected chi connectivity index (χ0v) is 15.2. The predicted molar refractivity (Wildman–Crippen MR) is 102 cm³/mol. The fourth-order valence-corrected chi connectivity index (χ4v) is 3.61. The van der Waals surface area contributed by atoms with Crippen molar-refractivity contribution in [3.8, 4) is 0 Å². The Hall–Kier alpha value is -2.93. The van der Waals surface area contributed by atoms with Crippen molar-refractivity contribution in [3.05, 3.63) is 72.3 Å². The number of hydrogen-bond donors (Lipinski definition) is 2. The maximum absolute atomic E-state index is 13.1. The van der Waals surface area contributed by atoms with Crippen molar-refractivity contribution in [2.24, 2.45) is 0 Å². The molecule has 2 N–H and O–H groups in total. The van der Waals surface area contributed by atoms with Gasteiger partial charge in [-0.3, -0.25) is 14.2 Å². The third-order valence-electron chi connectivity index (χ3n) is 5.18. The van der Waals surface area contributed by atoms with Crippen molar-refractivity contribution < 1.29 is 4.79 Å². The Morgan fingerprint density at radius 1 is 1.04 bits per heavy atom. The molecule has 1 saturated heterocycles. The lowest BCUT2D eigenvalue weighted by Gasteiger charge is -2.36. The summed E-state index contributed by atoms with van der Waals surface area (Å²) in [6.45, 7) is 2.89. The second-order valence-electron chi connectivity index (χ2n) is 6.94. The van der Waals surface area contributed by atoms with E-state index in [4.69, 9.17) is 0 Å². The van der Waals surface area contributed by atoms with Crippen molar-refractivity contribution in [1.29, 1.82) is 0 Å². The van der Waals surface area contributed by atoms with Gasteiger partial charge in [0, 0.05) is 31.3 Å². The first-order valence-electron chi connectivity index (χ1n) is 9.31. The van der Waals surface area contributed by atoms with E-state index in [2.05, 4.69) is 45.1 Å². The second-order valence-corrected chi connectivity index (χ2v) is 6.94. The maximum Gasteiger partial charge on any atom is 0.248 e. The molecule has 0 spiro atoms. The largest absolute Gasteiger partial charge is 0.350 e. The molecule has 7 nitrogen and oxygen atoms in total. The summed E-state index contributed by atoms with van der Waals surface area (Å²) in [6, 6.07) is 12.1. The molecule has 0 radical (unpaired) electrons. The van der Waals surface area contributed by atoms with Gasteiger partial charge in [-0.15, -0.1) is 0 Å². The van der Waals surface area contributed by atoms with Gasteiger partial charge in [-0.25, -0.2) is 0 Å². The van der Waals surface area contributed by atoms with Gasteiger partial charge in [0.05, 0.1) is 6.54 Å². The van der Waals surface area contributed by atoms with Crippen LogP contribution < -0.4 is 10.6 Å². The van der Waals surface area contributed by atoms with Gasteiger partial charge in [0.15, 0.2) is 0 Å². The third-order valence-corrected chi connectivity index (χ3v) is 5.18. The number of piperidine rings is 1. The van der Waals surface area contributed by atoms with Crippen LogP contribution in [0.5, 0.6) is 0 Å². The topological polar surface area (TPSA) is 76.8 Å². The van der Waals surface area contributed by atoms with Gasteiger partial charge < -0.3 is 10.6 Å². The summed E-state index contributed by atoms with van der Waals surface area (Å²) in [5.74, 6) is 0.0355. The van der Waals surface area contributed by atoms with Crippen molar-refractivity contribution in [2.45, 2.75) is 31.5 Å². The highest BCUT2D eigenvalue weighted by molar-refractivity contribution is 5.84. The van der Waals surface area contributed by atoms with E-state index in [1.807, 2.05) is 33.9 Å². The minimum Gasteiger partial charge on any atom is -0.350 e. The Morgan fingerprint density at radius 3 is 2.41 bits per heavy atom. The smallest absolute Gasteiger partial charge is 0.248 e. The highest BCUT2D eigenvalue weighted by Gasteiger charge is 2.41. The standard InChI is InChI=1S/C20H24N6O/c27-19(20(7-11-21-12-8-20)26-14-2-10-24-26)22-15-17-3-5-18(6-4-17)16-25-13-1-9-23-25/h1-6,9-10,13-14,21H,7-8,11-12,15-16H2,(H,22,27). The number of carbonyl (C=O) groups is 1. The van der Waals surface area contributed by atoms with E-state index in [9.17, 15) is 4.79 Å². The van der Waals surface area contributed by atoms with Gasteiger partial charge in [0.1, 0.15) is 5.54 Å². The van der Waals surface area contributed by atoms with Gasteiger partial charge in [-0.1, -0.05) is 24.3 Å². The van der Waals surface area contributed by atoms with E-state index < -0.39 is 5.54 Å². The number of carbonyl (C=O) groups excluding carboxylic acids is 1. The van der Waals surface area contributed by atoms with Gasteiger partial charge in [0.2, 0.25) is 5.91 Å². The molecule has 1 fully saturated rings. The first-order chi connectivity index (χ1) is 13.3. The average Bonchev–Trinajstić information content (AvgIpc) is 3.42. The number of rotatable bonds is 6. The van der Waals surface area contributed by atoms with Crippen LogP contribution in [-0.2, 0) is 23.4 Å². The summed E-state index contributed by atoms with van der Waals surface area (Å²) in [6.07, 6.45) is 8.82. The Morgan fingerprint density at radius 2 is 1.74 bits per heavy atom. The van der Waals surface area contributed by atoms with E-state index in [1.165, 1.54) is 5.56 Å². The Balaban J connectivity index is 1.40. The van der Waals surface area contributed by atoms with Crippen LogP contribution in [-0.4, -0.2) is 38.6 Å². The Bertz CT molecular complexity index is 849. The molecule has 1 aliphatic heterocycles. The quantitative estimate of drug-likeness (QED) is 0.695. The number of hydrogen-bond acceptors (Lipinski definition) is 4. The van der Waals surface area contributed by atoms with Crippen LogP contribution in [0.25, 0.3) is 0 Å². The summed E-state index contributed by atoms with van der Waals surface area (Å²) in [5, 5.41) is 15.0. The monoisotopic (exact) mass is 364 g/mol. The van der Waals surface area contributed by atoms with E-state index in [-0.39, 0.29) is 5.91 Å². The Labute approximate surface area is 158 Å². The summed E-state index contributed by atoms with van der Waals surface area (Å²) in [7, 11) is 0. The number of nitrogens with zero attached hydrogens (tertiary/aromatic N) is 4. The first kappa shape index (κ1) is 17.5. The fourth-order valence-electron chi connectivity index (χ4n) is 3.61. The molecule has 4 rings (SSSR count). The zero-order chi connectivity index (χ0) is 18.5. The normalized spacial score (nSPS) is 16.1. The minimum atomic E-state index is -0.602. The van der Waals surface area contributed by atoms with Crippen molar-refractivity contribution in [1.82, 2.24) is 30.2 Å². The molecule has 27 heavy (non-hydrogen) atoms. The van der Waals surface area contributed by atoms with Gasteiger partial charge in [-0.05, 0) is 49.2 Å². The fraction of sp³-hybridized carbons (Fsp3) is 0.350. The van der Waals surface area contributed by atoms with E-state index in [0.717, 1.165) is 38.0 Å². The van der Waals surface area contributed by atoms with Crippen molar-refractivity contribution in [2.75, 3.05) is 13.1 Å². The molecule has 1 aliphatic rings. The molecule has 0 bridgehead atoms. The molecule has 140 valence electrons. The van der Waals surface area contributed by atoms with Gasteiger partial charge in [0.25, 0.3) is 0 Å². The molecule has 1 amide bonds. The van der Waals surface area contributed by atoms with E-state index in [1.54, 1.807) is 12.4 Å². The highest BCUT2D eigenvalue weighted by atomic mass is 16.2. The summed E-state index contributed by atoms with van der Waals surface area (Å²) < 4.78 is 3.71. The lowest BCUT2D eigenvalue weighted by molar-refractivity contribution is -0.132. The number of benzene rings is 1. The van der Waals surface area contributed by atoms with Crippen LogP contribution >= 0.6 is 0 Å². The molecule has 0 saturated carbocycles. The van der Waals surface area contributed by atoms with Crippen LogP contribution in [0.1, 0.15) is 24.0 Å². The third kappa shape index (κ3) is 3.78. The van der Waals surface area contributed by atoms with Gasteiger partial charge in [-0.2, -0.15) is 10.2 Å². The minimum absolute atomic E-state index is 0.0355. The van der Waals surface area contributed by atoms with Crippen molar-refractivity contribution >= 4 is 5.91 Å². The number of amides is 1. The predicted octanol–water partition coefficient (Wildman–Crippen LogP) is 1.52. The SMILES string of the molecule is O=C(NCc1ccc(Cn2cccn2)cc1)C1(n2cccn2)CCNCC1. The summed E-state index contributed by atoms with van der Waals surface area (Å²) in [5.41, 5.74) is 1.66. The lowest BCUT2D eigenvalue weighted by Crippen LogP contribution is -2.54. The lowest BCUT2D eigenvalue weighted by atomic mass is 9.87. The van der Waals surface area contributed by atoms with Crippen molar-refractivity contribution in [3.63, 3.8) is 0 Å². The molecular formula is C20H24N6O. The zero-order valence-electron chi connectivity index (χ0n) is 15.2. The molecule has 0 aliphatic carbocycles. The van der Waals surface area contributed by atoms with Crippen LogP contribution in [0.15, 0.2) is 61.2 Å². The number of nitrogens with one attached hydrogen (secondary N) is 2. The maximum atomic E-state index is 13.1. The molecule has 3 heterocycles. The molecule has 3 aromatic rings. The van der Waals surface area contributed by atoms with Crippen LogP contribution in [0.2, 0.25) is 0 Å². The molecule has 0 atom stereocenters. The number of aromatic nitrogens is 4. The molecule has 7 heteroatoms. The van der Waals surface area contributed by atoms with E-state index in [0.29, 0.717) is 6.54 Å². The van der Waals surface area contributed by atoms with Crippen LogP contribution in [0.3, 0.4) is 0 Å². The Kier molecular flexibility index (Phi) is 5.02. The first-order valence-corrected chi connectivity index (χ1v) is 9.31. The second kappa shape index (κ2) is 7.75. The van der Waals surface area contributed by atoms with Gasteiger partial charge >= 0.3 is 0 Å². The van der Waals surface area contributed by atoms with Crippen LogP contribution in [0, 0.1) is 0 Å². The highest BCUT2D eigenvalue weighted by Crippen LogP contribution is 2.27. The molecule has 2 aromatic heterocycles. The molecular weight excluding hydrogens is 340 g/mol. The molecule has 0 unspecified atom stereocenters. The van der Waals surface area contributed by atoms with E-state index >= 15 is 0 Å². The summed E-state index contributed by atoms with van der Waals surface area (Å²) >= 11 is 0. The summed E-state index contributed by atoms with van der Waals surface area (Å²) in [4.78, 5) is 13.1. The average molecular weight is 364 g/mol. The molecule has 1 aromatic carbocycles.